The van der Waals surface area contributed by atoms with E-state index in [1.165, 1.54) is 0 Å². The molecule has 0 aliphatic carbocycles. The zero-order chi connectivity index (χ0) is 17.8. The molecule has 8 nitrogen and oxygen atoms in total. The average Bonchev–Trinajstić information content (AvgIpc) is 3.06. The average molecular weight is 346 g/mol. The summed E-state index contributed by atoms with van der Waals surface area (Å²) in [6, 6.07) is 5.22. The molecule has 1 amide bonds. The third-order valence-corrected chi connectivity index (χ3v) is 4.19. The first-order chi connectivity index (χ1) is 12.1. The quantitative estimate of drug-likeness (QED) is 0.808. The highest BCUT2D eigenvalue weighted by atomic mass is 16.5. The van der Waals surface area contributed by atoms with Crippen LogP contribution in [0.1, 0.15) is 22.1 Å². The van der Waals surface area contributed by atoms with Gasteiger partial charge in [0.1, 0.15) is 11.5 Å². The van der Waals surface area contributed by atoms with Crippen molar-refractivity contribution in [2.75, 3.05) is 40.4 Å². The first-order valence-corrected chi connectivity index (χ1v) is 8.13. The van der Waals surface area contributed by atoms with Crippen LogP contribution >= 0.6 is 0 Å². The maximum atomic E-state index is 12.8. The van der Waals surface area contributed by atoms with E-state index in [2.05, 4.69) is 15.0 Å². The molecule has 0 spiro atoms. The van der Waals surface area contributed by atoms with Crippen molar-refractivity contribution in [3.63, 3.8) is 0 Å². The molecule has 25 heavy (non-hydrogen) atoms. The summed E-state index contributed by atoms with van der Waals surface area (Å²) in [7, 11) is 3.14. The Bertz CT molecular complexity index is 716. The van der Waals surface area contributed by atoms with E-state index in [0.29, 0.717) is 48.4 Å². The van der Waals surface area contributed by atoms with Crippen molar-refractivity contribution < 1.29 is 18.8 Å². The summed E-state index contributed by atoms with van der Waals surface area (Å²) in [5.41, 5.74) is 0.567. The van der Waals surface area contributed by atoms with Crippen LogP contribution in [0, 0.1) is 6.92 Å². The first-order valence-electron chi connectivity index (χ1n) is 8.13. The number of hydrogen-bond donors (Lipinski definition) is 0. The zero-order valence-corrected chi connectivity index (χ0v) is 14.7. The number of rotatable bonds is 5. The molecule has 2 heterocycles. The molecular weight excluding hydrogens is 324 g/mol. The number of ether oxygens (including phenoxy) is 2. The van der Waals surface area contributed by atoms with Gasteiger partial charge in [0, 0.05) is 37.8 Å². The molecule has 1 aliphatic heterocycles. The number of carbonyl (C=O) groups excluding carboxylic acids is 1. The van der Waals surface area contributed by atoms with E-state index in [1.54, 1.807) is 39.3 Å². The number of benzene rings is 1. The highest BCUT2D eigenvalue weighted by Crippen LogP contribution is 2.24. The minimum atomic E-state index is -0.0227. The first kappa shape index (κ1) is 17.2. The van der Waals surface area contributed by atoms with E-state index in [0.717, 1.165) is 13.1 Å². The fourth-order valence-corrected chi connectivity index (χ4v) is 2.82. The van der Waals surface area contributed by atoms with E-state index < -0.39 is 0 Å². The fraction of sp³-hybridized carbons (Fsp3) is 0.471. The predicted octanol–water partition coefficient (Wildman–Crippen LogP) is 1.35. The smallest absolute Gasteiger partial charge is 0.254 e. The third kappa shape index (κ3) is 4.08. The highest BCUT2D eigenvalue weighted by Gasteiger charge is 2.24. The second kappa shape index (κ2) is 7.52. The molecule has 0 N–H and O–H groups in total. The molecule has 1 aromatic carbocycles. The molecule has 1 saturated heterocycles. The molecule has 0 radical (unpaired) electrons. The van der Waals surface area contributed by atoms with Gasteiger partial charge in [0.05, 0.1) is 20.8 Å². The Kier molecular flexibility index (Phi) is 5.18. The minimum absolute atomic E-state index is 0.0227. The fourth-order valence-electron chi connectivity index (χ4n) is 2.82. The van der Waals surface area contributed by atoms with Gasteiger partial charge >= 0.3 is 0 Å². The lowest BCUT2D eigenvalue weighted by Gasteiger charge is -2.34. The monoisotopic (exact) mass is 346 g/mol. The second-order valence-corrected chi connectivity index (χ2v) is 5.91. The molecule has 0 atom stereocenters. The molecule has 134 valence electrons. The predicted molar refractivity (Wildman–Crippen MR) is 89.8 cm³/mol. The summed E-state index contributed by atoms with van der Waals surface area (Å²) in [6.07, 6.45) is 0. The molecule has 1 aliphatic rings. The number of carbonyl (C=O) groups is 1. The molecule has 3 rings (SSSR count). The van der Waals surface area contributed by atoms with Gasteiger partial charge in [-0.3, -0.25) is 9.69 Å². The number of methoxy groups -OCH3 is 2. The van der Waals surface area contributed by atoms with Crippen molar-refractivity contribution in [1.82, 2.24) is 19.9 Å². The van der Waals surface area contributed by atoms with Crippen LogP contribution in [0.3, 0.4) is 0 Å². The number of aromatic nitrogens is 2. The molecule has 1 fully saturated rings. The van der Waals surface area contributed by atoms with Gasteiger partial charge in [-0.05, 0) is 19.1 Å². The van der Waals surface area contributed by atoms with Crippen molar-refractivity contribution in [2.45, 2.75) is 13.5 Å². The third-order valence-electron chi connectivity index (χ3n) is 4.19. The normalized spacial score (nSPS) is 15.2. The van der Waals surface area contributed by atoms with Crippen molar-refractivity contribution >= 4 is 5.91 Å². The molecule has 0 unspecified atom stereocenters. The second-order valence-electron chi connectivity index (χ2n) is 5.91. The van der Waals surface area contributed by atoms with Crippen LogP contribution in [-0.4, -0.2) is 66.2 Å². The molecular formula is C17H22N4O4. The van der Waals surface area contributed by atoms with Crippen LogP contribution in [0.15, 0.2) is 22.7 Å². The Morgan fingerprint density at radius 2 is 1.76 bits per heavy atom. The number of nitrogens with zero attached hydrogens (tertiary/aromatic N) is 4. The van der Waals surface area contributed by atoms with Crippen molar-refractivity contribution in [2.24, 2.45) is 0 Å². The lowest BCUT2D eigenvalue weighted by Crippen LogP contribution is -2.48. The van der Waals surface area contributed by atoms with Gasteiger partial charge in [0.2, 0.25) is 5.89 Å². The summed E-state index contributed by atoms with van der Waals surface area (Å²) >= 11 is 0. The Balaban J connectivity index is 1.61. The van der Waals surface area contributed by atoms with Crippen molar-refractivity contribution in [1.29, 1.82) is 0 Å². The van der Waals surface area contributed by atoms with Crippen LogP contribution in [-0.2, 0) is 6.54 Å². The van der Waals surface area contributed by atoms with Gasteiger partial charge in [0.25, 0.3) is 5.91 Å². The summed E-state index contributed by atoms with van der Waals surface area (Å²) in [5, 5.41) is 3.80. The van der Waals surface area contributed by atoms with Gasteiger partial charge in [-0.25, -0.2) is 0 Å². The largest absolute Gasteiger partial charge is 0.497 e. The van der Waals surface area contributed by atoms with E-state index in [9.17, 15) is 4.79 Å². The maximum Gasteiger partial charge on any atom is 0.254 e. The van der Waals surface area contributed by atoms with Crippen LogP contribution < -0.4 is 9.47 Å². The topological polar surface area (TPSA) is 80.9 Å². The van der Waals surface area contributed by atoms with Gasteiger partial charge in [0.15, 0.2) is 5.82 Å². The number of hydrogen-bond acceptors (Lipinski definition) is 7. The van der Waals surface area contributed by atoms with E-state index >= 15 is 0 Å². The minimum Gasteiger partial charge on any atom is -0.497 e. The Hall–Kier alpha value is -2.61. The summed E-state index contributed by atoms with van der Waals surface area (Å²) < 4.78 is 15.6. The molecule has 0 saturated carbocycles. The Labute approximate surface area is 146 Å². The van der Waals surface area contributed by atoms with E-state index in [4.69, 9.17) is 14.0 Å². The standard InChI is InChI=1S/C17H22N4O4/c1-12-18-16(25-19-12)11-20-4-6-21(7-5-20)17(22)13-8-14(23-2)10-15(9-13)24-3/h8-10H,4-7,11H2,1-3H3. The van der Waals surface area contributed by atoms with Gasteiger partial charge in [-0.2, -0.15) is 4.98 Å². The molecule has 2 aromatic rings. The van der Waals surface area contributed by atoms with Crippen molar-refractivity contribution in [3.05, 3.63) is 35.5 Å². The van der Waals surface area contributed by atoms with Gasteiger partial charge in [-0.15, -0.1) is 0 Å². The van der Waals surface area contributed by atoms with Gasteiger partial charge < -0.3 is 18.9 Å². The molecule has 0 bridgehead atoms. The lowest BCUT2D eigenvalue weighted by atomic mass is 10.1. The summed E-state index contributed by atoms with van der Waals surface area (Å²) in [6.45, 7) is 5.21. The van der Waals surface area contributed by atoms with Crippen molar-refractivity contribution in [3.8, 4) is 11.5 Å². The van der Waals surface area contributed by atoms with Crippen LogP contribution in [0.2, 0.25) is 0 Å². The van der Waals surface area contributed by atoms with Gasteiger partial charge in [-0.1, -0.05) is 5.16 Å². The van der Waals surface area contributed by atoms with E-state index in [1.807, 2.05) is 4.90 Å². The Morgan fingerprint density at radius 3 is 2.28 bits per heavy atom. The SMILES string of the molecule is COc1cc(OC)cc(C(=O)N2CCN(Cc3nc(C)no3)CC2)c1. The number of aryl methyl sites for hydroxylation is 1. The number of piperazine rings is 1. The molecule has 1 aromatic heterocycles. The Morgan fingerprint density at radius 1 is 1.12 bits per heavy atom. The van der Waals surface area contributed by atoms with E-state index in [-0.39, 0.29) is 5.91 Å². The lowest BCUT2D eigenvalue weighted by molar-refractivity contribution is 0.0614. The summed E-state index contributed by atoms with van der Waals surface area (Å²) in [5.74, 6) is 2.43. The molecule has 8 heteroatoms. The zero-order valence-electron chi connectivity index (χ0n) is 14.7. The van der Waals surface area contributed by atoms with Crippen LogP contribution in [0.4, 0.5) is 0 Å². The summed E-state index contributed by atoms with van der Waals surface area (Å²) in [4.78, 5) is 21.0. The van der Waals surface area contributed by atoms with Crippen LogP contribution in [0.5, 0.6) is 11.5 Å². The van der Waals surface area contributed by atoms with Crippen LogP contribution in [0.25, 0.3) is 0 Å². The maximum absolute atomic E-state index is 12.8. The highest BCUT2D eigenvalue weighted by molar-refractivity contribution is 5.95. The number of amides is 1.